The minimum absolute atomic E-state index is 0.196. The summed E-state index contributed by atoms with van der Waals surface area (Å²) < 4.78 is 40.3. The second-order valence-electron chi connectivity index (χ2n) is 4.96. The van der Waals surface area contributed by atoms with Gasteiger partial charge in [-0.15, -0.1) is 0 Å². The number of rotatable bonds is 2. The van der Waals surface area contributed by atoms with Crippen LogP contribution in [0, 0.1) is 5.92 Å². The van der Waals surface area contributed by atoms with Crippen molar-refractivity contribution < 1.29 is 13.2 Å². The number of benzene rings is 1. The first kappa shape index (κ1) is 13.9. The fourth-order valence-corrected chi connectivity index (χ4v) is 2.78. The third kappa shape index (κ3) is 2.11. The van der Waals surface area contributed by atoms with Crippen LogP contribution >= 0.6 is 0 Å². The maximum absolute atomic E-state index is 13.4. The Balaban J connectivity index is 2.55. The van der Waals surface area contributed by atoms with E-state index < -0.39 is 17.6 Å². The number of halogens is 3. The molecule has 2 rings (SSSR count). The average Bonchev–Trinajstić information content (AvgIpc) is 2.63. The van der Waals surface area contributed by atoms with Gasteiger partial charge in [0.15, 0.2) is 0 Å². The zero-order valence-electron chi connectivity index (χ0n) is 11.2. The summed E-state index contributed by atoms with van der Waals surface area (Å²) in [4.78, 5) is 0. The van der Waals surface area contributed by atoms with Gasteiger partial charge in [0.2, 0.25) is 0 Å². The second kappa shape index (κ2) is 4.54. The molecule has 0 radical (unpaired) electrons. The Morgan fingerprint density at radius 3 is 2.32 bits per heavy atom. The highest BCUT2D eigenvalue weighted by Gasteiger charge is 2.59. The first-order valence-electron chi connectivity index (χ1n) is 6.25. The second-order valence-corrected chi connectivity index (χ2v) is 4.96. The fourth-order valence-electron chi connectivity index (χ4n) is 2.78. The molecule has 1 aromatic carbocycles. The Labute approximate surface area is 110 Å². The maximum atomic E-state index is 13.4. The summed E-state index contributed by atoms with van der Waals surface area (Å²) in [6, 6.07) is 8.76. The Morgan fingerprint density at radius 2 is 1.84 bits per heavy atom. The molecular weight excluding hydrogens is 253 g/mol. The van der Waals surface area contributed by atoms with Crippen LogP contribution in [0.2, 0.25) is 0 Å². The lowest BCUT2D eigenvalue weighted by atomic mass is 9.77. The minimum Gasteiger partial charge on any atom is -0.289 e. The van der Waals surface area contributed by atoms with Crippen LogP contribution in [-0.4, -0.2) is 23.9 Å². The monoisotopic (exact) mass is 270 g/mol. The number of hydrogen-bond donors (Lipinski definition) is 0. The van der Waals surface area contributed by atoms with Crippen LogP contribution in [0.4, 0.5) is 13.2 Å². The summed E-state index contributed by atoms with van der Waals surface area (Å²) in [6.07, 6.45) is -4.00. The number of hydrazone groups is 1. The van der Waals surface area contributed by atoms with Crippen molar-refractivity contribution in [3.63, 3.8) is 0 Å². The average molecular weight is 270 g/mol. The highest BCUT2D eigenvalue weighted by molar-refractivity contribution is 5.90. The number of hydrogen-bond acceptors (Lipinski definition) is 2. The van der Waals surface area contributed by atoms with Crippen LogP contribution in [0.1, 0.15) is 25.8 Å². The molecule has 2 unspecified atom stereocenters. The van der Waals surface area contributed by atoms with Gasteiger partial charge in [0.25, 0.3) is 0 Å². The first-order chi connectivity index (χ1) is 8.81. The zero-order chi connectivity index (χ0) is 14.3. The summed E-state index contributed by atoms with van der Waals surface area (Å²) in [6.45, 7) is 3.31. The van der Waals surface area contributed by atoms with Gasteiger partial charge < -0.3 is 0 Å². The molecule has 104 valence electrons. The lowest BCUT2D eigenvalue weighted by molar-refractivity contribution is -0.181. The van der Waals surface area contributed by atoms with Crippen molar-refractivity contribution in [3.8, 4) is 0 Å². The molecular formula is C14H17F3N2. The summed E-state index contributed by atoms with van der Waals surface area (Å²) in [7, 11) is 1.61. The molecule has 0 spiro atoms. The van der Waals surface area contributed by atoms with Crippen LogP contribution < -0.4 is 0 Å². The van der Waals surface area contributed by atoms with Crippen LogP contribution in [0.25, 0.3) is 0 Å². The number of alkyl halides is 3. The third-order valence-electron chi connectivity index (χ3n) is 3.89. The van der Waals surface area contributed by atoms with E-state index in [1.165, 1.54) is 5.01 Å². The molecule has 19 heavy (non-hydrogen) atoms. The van der Waals surface area contributed by atoms with E-state index in [2.05, 4.69) is 5.10 Å². The quantitative estimate of drug-likeness (QED) is 0.798. The smallest absolute Gasteiger partial charge is 0.289 e. The van der Waals surface area contributed by atoms with Crippen molar-refractivity contribution in [2.75, 3.05) is 7.05 Å². The standard InChI is InChI=1S/C14H17F3N2/c1-4-11-12(14(15,16)17)13(2,19(3)18-11)10-8-6-5-7-9-10/h5-9,12H,4H2,1-3H3. The molecule has 1 aliphatic heterocycles. The van der Waals surface area contributed by atoms with Crippen LogP contribution in [0.5, 0.6) is 0 Å². The predicted molar refractivity (Wildman–Crippen MR) is 68.8 cm³/mol. The van der Waals surface area contributed by atoms with E-state index in [-0.39, 0.29) is 5.71 Å². The Bertz CT molecular complexity index is 481. The van der Waals surface area contributed by atoms with Gasteiger partial charge in [-0.05, 0) is 18.9 Å². The van der Waals surface area contributed by atoms with Crippen LogP contribution in [0.3, 0.4) is 0 Å². The Kier molecular flexibility index (Phi) is 3.32. The molecule has 0 N–H and O–H groups in total. The lowest BCUT2D eigenvalue weighted by Gasteiger charge is -2.38. The van der Waals surface area contributed by atoms with E-state index >= 15 is 0 Å². The minimum atomic E-state index is -4.30. The van der Waals surface area contributed by atoms with Crippen molar-refractivity contribution in [2.24, 2.45) is 11.0 Å². The maximum Gasteiger partial charge on any atom is 0.399 e. The van der Waals surface area contributed by atoms with E-state index in [0.29, 0.717) is 12.0 Å². The van der Waals surface area contributed by atoms with Gasteiger partial charge >= 0.3 is 6.18 Å². The SMILES string of the molecule is CCC1=NN(C)C(C)(c2ccccc2)C1C(F)(F)F. The van der Waals surface area contributed by atoms with Gasteiger partial charge in [-0.2, -0.15) is 18.3 Å². The Morgan fingerprint density at radius 1 is 1.26 bits per heavy atom. The molecule has 1 aromatic rings. The largest absolute Gasteiger partial charge is 0.399 e. The van der Waals surface area contributed by atoms with Gasteiger partial charge in [-0.3, -0.25) is 5.01 Å². The van der Waals surface area contributed by atoms with Crippen molar-refractivity contribution in [1.82, 2.24) is 5.01 Å². The molecule has 1 aliphatic rings. The van der Waals surface area contributed by atoms with E-state index in [1.807, 2.05) is 0 Å². The van der Waals surface area contributed by atoms with E-state index in [9.17, 15) is 13.2 Å². The highest BCUT2D eigenvalue weighted by atomic mass is 19.4. The van der Waals surface area contributed by atoms with Crippen molar-refractivity contribution >= 4 is 5.71 Å². The van der Waals surface area contributed by atoms with Gasteiger partial charge in [-0.1, -0.05) is 37.3 Å². The highest BCUT2D eigenvalue weighted by Crippen LogP contribution is 2.48. The van der Waals surface area contributed by atoms with E-state index in [1.54, 1.807) is 51.2 Å². The molecule has 0 fully saturated rings. The molecule has 1 heterocycles. The Hall–Kier alpha value is -1.52. The van der Waals surface area contributed by atoms with Gasteiger partial charge in [0, 0.05) is 7.05 Å². The van der Waals surface area contributed by atoms with Crippen molar-refractivity contribution in [1.29, 1.82) is 0 Å². The molecule has 0 aliphatic carbocycles. The summed E-state index contributed by atoms with van der Waals surface area (Å²) in [5.41, 5.74) is -0.349. The molecule has 0 aromatic heterocycles. The molecule has 0 bridgehead atoms. The number of nitrogens with zero attached hydrogens (tertiary/aromatic N) is 2. The molecule has 0 amide bonds. The van der Waals surface area contributed by atoms with E-state index in [4.69, 9.17) is 0 Å². The van der Waals surface area contributed by atoms with Crippen LogP contribution in [0.15, 0.2) is 35.4 Å². The summed E-state index contributed by atoms with van der Waals surface area (Å²) in [5, 5.41) is 5.56. The van der Waals surface area contributed by atoms with Crippen LogP contribution in [-0.2, 0) is 5.54 Å². The van der Waals surface area contributed by atoms with Crippen molar-refractivity contribution in [2.45, 2.75) is 32.0 Å². The molecule has 0 saturated heterocycles. The summed E-state index contributed by atoms with van der Waals surface area (Å²) >= 11 is 0. The molecule has 0 saturated carbocycles. The molecule has 2 nitrogen and oxygen atoms in total. The topological polar surface area (TPSA) is 15.6 Å². The molecule has 2 atom stereocenters. The lowest BCUT2D eigenvalue weighted by Crippen LogP contribution is -2.48. The third-order valence-corrected chi connectivity index (χ3v) is 3.89. The predicted octanol–water partition coefficient (Wildman–Crippen LogP) is 3.79. The van der Waals surface area contributed by atoms with Gasteiger partial charge in [0.05, 0.1) is 11.3 Å². The van der Waals surface area contributed by atoms with Gasteiger partial charge in [-0.25, -0.2) is 0 Å². The summed E-state index contributed by atoms with van der Waals surface area (Å²) in [5.74, 6) is -1.56. The normalized spacial score (nSPS) is 27.6. The van der Waals surface area contributed by atoms with Gasteiger partial charge in [0.1, 0.15) is 5.92 Å². The van der Waals surface area contributed by atoms with Crippen molar-refractivity contribution in [3.05, 3.63) is 35.9 Å². The molecule has 5 heteroatoms. The fraction of sp³-hybridized carbons (Fsp3) is 0.500. The first-order valence-corrected chi connectivity index (χ1v) is 6.25. The van der Waals surface area contributed by atoms with E-state index in [0.717, 1.165) is 0 Å². The zero-order valence-corrected chi connectivity index (χ0v) is 11.2.